The van der Waals surface area contributed by atoms with Crippen molar-refractivity contribution in [3.05, 3.63) is 18.0 Å². The van der Waals surface area contributed by atoms with E-state index in [0.717, 1.165) is 5.76 Å². The molecular weight excluding hydrogens is 244 g/mol. The lowest BCUT2D eigenvalue weighted by Gasteiger charge is -2.12. The molecular formula is C10H14N2O4S. The first-order valence-corrected chi connectivity index (χ1v) is 6.22. The molecule has 94 valence electrons. The van der Waals surface area contributed by atoms with Crippen molar-refractivity contribution < 1.29 is 19.2 Å². The maximum atomic E-state index is 10.8. The smallest absolute Gasteiger partial charge is 0.326 e. The summed E-state index contributed by atoms with van der Waals surface area (Å²) >= 11 is 1.54. The van der Waals surface area contributed by atoms with E-state index in [1.165, 1.54) is 18.7 Å². The Labute approximate surface area is 103 Å². The molecule has 0 saturated carbocycles. The van der Waals surface area contributed by atoms with E-state index in [1.807, 2.05) is 0 Å². The number of carboxylic acid groups (broad SMARTS) is 1. The van der Waals surface area contributed by atoms with Crippen molar-refractivity contribution in [1.29, 1.82) is 0 Å². The summed E-state index contributed by atoms with van der Waals surface area (Å²) in [7, 11) is 0. The van der Waals surface area contributed by atoms with Gasteiger partial charge in [0, 0.05) is 13.0 Å². The van der Waals surface area contributed by atoms with Crippen molar-refractivity contribution in [2.45, 2.75) is 25.1 Å². The van der Waals surface area contributed by atoms with Crippen LogP contribution in [0.4, 0.5) is 0 Å². The molecule has 1 rings (SSSR count). The van der Waals surface area contributed by atoms with Crippen molar-refractivity contribution in [3.63, 3.8) is 0 Å². The fourth-order valence-electron chi connectivity index (χ4n) is 1.19. The zero-order valence-electron chi connectivity index (χ0n) is 9.38. The van der Waals surface area contributed by atoms with Crippen molar-refractivity contribution in [1.82, 2.24) is 10.5 Å². The summed E-state index contributed by atoms with van der Waals surface area (Å²) in [5, 5.41) is 14.8. The molecule has 17 heavy (non-hydrogen) atoms. The highest BCUT2D eigenvalue weighted by atomic mass is 32.2. The summed E-state index contributed by atoms with van der Waals surface area (Å²) in [5.41, 5.74) is 0. The van der Waals surface area contributed by atoms with Gasteiger partial charge in [0.15, 0.2) is 0 Å². The lowest BCUT2D eigenvalue weighted by Crippen LogP contribution is -2.39. The number of amides is 1. The van der Waals surface area contributed by atoms with Crippen molar-refractivity contribution in [2.24, 2.45) is 0 Å². The van der Waals surface area contributed by atoms with Crippen LogP contribution >= 0.6 is 11.8 Å². The van der Waals surface area contributed by atoms with Crippen LogP contribution in [-0.4, -0.2) is 33.9 Å². The lowest BCUT2D eigenvalue weighted by atomic mass is 10.2. The average Bonchev–Trinajstić information content (AvgIpc) is 2.74. The molecule has 0 aliphatic carbocycles. The van der Waals surface area contributed by atoms with Crippen molar-refractivity contribution in [2.75, 3.05) is 5.75 Å². The highest BCUT2D eigenvalue weighted by Gasteiger charge is 2.17. The zero-order valence-corrected chi connectivity index (χ0v) is 10.2. The quantitative estimate of drug-likeness (QED) is 0.705. The number of carbonyl (C=O) groups is 2. The number of thioether (sulfide) groups is 1. The van der Waals surface area contributed by atoms with Gasteiger partial charge < -0.3 is 14.9 Å². The Morgan fingerprint density at radius 2 is 2.41 bits per heavy atom. The fourth-order valence-corrected chi connectivity index (χ4v) is 2.09. The van der Waals surface area contributed by atoms with E-state index < -0.39 is 12.0 Å². The van der Waals surface area contributed by atoms with Crippen LogP contribution in [0.25, 0.3) is 0 Å². The molecule has 0 spiro atoms. The Kier molecular flexibility index (Phi) is 5.55. The van der Waals surface area contributed by atoms with E-state index in [0.29, 0.717) is 17.9 Å². The van der Waals surface area contributed by atoms with Gasteiger partial charge in [-0.3, -0.25) is 4.79 Å². The van der Waals surface area contributed by atoms with Gasteiger partial charge in [0.2, 0.25) is 5.91 Å². The fraction of sp³-hybridized carbons (Fsp3) is 0.500. The number of hydrogen-bond donors (Lipinski definition) is 2. The molecule has 0 fully saturated rings. The molecule has 1 aromatic heterocycles. The Bertz CT molecular complexity index is 366. The molecule has 7 heteroatoms. The molecule has 1 heterocycles. The molecule has 0 radical (unpaired) electrons. The standard InChI is InChI=1S/C10H14N2O4S/c1-7(13)12-9(10(14)15)3-5-17-6-8-2-4-11-16-8/h2,4,9H,3,5-6H2,1H3,(H,12,13)(H,14,15). The van der Waals surface area contributed by atoms with Crippen molar-refractivity contribution >= 4 is 23.6 Å². The molecule has 1 unspecified atom stereocenters. The van der Waals surface area contributed by atoms with E-state index in [2.05, 4.69) is 10.5 Å². The second-order valence-electron chi connectivity index (χ2n) is 3.41. The second-order valence-corrected chi connectivity index (χ2v) is 4.52. The Morgan fingerprint density at radius 1 is 1.65 bits per heavy atom. The maximum absolute atomic E-state index is 10.8. The Balaban J connectivity index is 2.23. The first kappa shape index (κ1) is 13.6. The van der Waals surface area contributed by atoms with Crippen LogP contribution < -0.4 is 5.32 Å². The van der Waals surface area contributed by atoms with Gasteiger partial charge in [0.05, 0.1) is 11.9 Å². The number of carboxylic acids is 1. The van der Waals surface area contributed by atoms with Gasteiger partial charge in [0.25, 0.3) is 0 Å². The number of aromatic nitrogens is 1. The Morgan fingerprint density at radius 3 is 2.94 bits per heavy atom. The van der Waals surface area contributed by atoms with E-state index in [4.69, 9.17) is 9.63 Å². The molecule has 0 aliphatic heterocycles. The summed E-state index contributed by atoms with van der Waals surface area (Å²) in [6.45, 7) is 1.30. The largest absolute Gasteiger partial charge is 0.480 e. The third-order valence-electron chi connectivity index (χ3n) is 1.96. The molecule has 0 aliphatic rings. The first-order valence-electron chi connectivity index (χ1n) is 5.07. The number of hydrogen-bond acceptors (Lipinski definition) is 5. The van der Waals surface area contributed by atoms with Crippen LogP contribution in [0.3, 0.4) is 0 Å². The maximum Gasteiger partial charge on any atom is 0.326 e. The predicted octanol–water partition coefficient (Wildman–Crippen LogP) is 0.887. The third kappa shape index (κ3) is 5.39. The van der Waals surface area contributed by atoms with Crippen LogP contribution in [0.1, 0.15) is 19.1 Å². The topological polar surface area (TPSA) is 92.4 Å². The van der Waals surface area contributed by atoms with Gasteiger partial charge in [0.1, 0.15) is 11.8 Å². The molecule has 0 bridgehead atoms. The van der Waals surface area contributed by atoms with E-state index in [-0.39, 0.29) is 5.91 Å². The van der Waals surface area contributed by atoms with Crippen LogP contribution in [0.5, 0.6) is 0 Å². The van der Waals surface area contributed by atoms with Crippen LogP contribution in [0.2, 0.25) is 0 Å². The summed E-state index contributed by atoms with van der Waals surface area (Å²) in [5.74, 6) is 0.671. The molecule has 1 atom stereocenters. The summed E-state index contributed by atoms with van der Waals surface area (Å²) in [6.07, 6.45) is 1.95. The predicted molar refractivity (Wildman–Crippen MR) is 62.5 cm³/mol. The number of carbonyl (C=O) groups excluding carboxylic acids is 1. The van der Waals surface area contributed by atoms with Crippen LogP contribution in [-0.2, 0) is 15.3 Å². The monoisotopic (exact) mass is 258 g/mol. The molecule has 0 saturated heterocycles. The second kappa shape index (κ2) is 6.95. The van der Waals surface area contributed by atoms with E-state index in [1.54, 1.807) is 12.3 Å². The average molecular weight is 258 g/mol. The SMILES string of the molecule is CC(=O)NC(CCSCc1ccno1)C(=O)O. The number of nitrogens with one attached hydrogen (secondary N) is 1. The minimum Gasteiger partial charge on any atom is -0.480 e. The summed E-state index contributed by atoms with van der Waals surface area (Å²) < 4.78 is 4.90. The number of rotatable bonds is 7. The molecule has 6 nitrogen and oxygen atoms in total. The summed E-state index contributed by atoms with van der Waals surface area (Å²) in [4.78, 5) is 21.6. The van der Waals surface area contributed by atoms with Gasteiger partial charge >= 0.3 is 5.97 Å². The lowest BCUT2D eigenvalue weighted by molar-refractivity contribution is -0.141. The number of aliphatic carboxylic acids is 1. The highest BCUT2D eigenvalue weighted by molar-refractivity contribution is 7.98. The van der Waals surface area contributed by atoms with Gasteiger partial charge in [-0.2, -0.15) is 11.8 Å². The third-order valence-corrected chi connectivity index (χ3v) is 2.98. The van der Waals surface area contributed by atoms with Crippen molar-refractivity contribution in [3.8, 4) is 0 Å². The molecule has 1 amide bonds. The molecule has 0 aromatic carbocycles. The Hall–Kier alpha value is -1.50. The van der Waals surface area contributed by atoms with Gasteiger partial charge in [-0.25, -0.2) is 4.79 Å². The summed E-state index contributed by atoms with van der Waals surface area (Å²) in [6, 6.07) is 0.935. The van der Waals surface area contributed by atoms with Gasteiger partial charge in [-0.05, 0) is 12.2 Å². The highest BCUT2D eigenvalue weighted by Crippen LogP contribution is 2.13. The minimum absolute atomic E-state index is 0.336. The van der Waals surface area contributed by atoms with E-state index in [9.17, 15) is 9.59 Å². The van der Waals surface area contributed by atoms with Gasteiger partial charge in [-0.1, -0.05) is 5.16 Å². The minimum atomic E-state index is -1.01. The van der Waals surface area contributed by atoms with Crippen LogP contribution in [0, 0.1) is 0 Å². The number of nitrogens with zero attached hydrogens (tertiary/aromatic N) is 1. The van der Waals surface area contributed by atoms with Crippen LogP contribution in [0.15, 0.2) is 16.8 Å². The molecule has 2 N–H and O–H groups in total. The van der Waals surface area contributed by atoms with Gasteiger partial charge in [-0.15, -0.1) is 0 Å². The van der Waals surface area contributed by atoms with E-state index >= 15 is 0 Å². The molecule has 1 aromatic rings. The first-order chi connectivity index (χ1) is 8.09. The normalized spacial score (nSPS) is 12.1. The zero-order chi connectivity index (χ0) is 12.7.